The molecule has 0 aliphatic carbocycles. The molecule has 0 bridgehead atoms. The number of rotatable bonds is 2. The van der Waals surface area contributed by atoms with Gasteiger partial charge in [-0.15, -0.1) is 5.10 Å². The minimum atomic E-state index is -0.176. The molecule has 2 rings (SSSR count). The van der Waals surface area contributed by atoms with E-state index in [1.807, 2.05) is 37.3 Å². The molecule has 0 radical (unpaired) electrons. The fourth-order valence-electron chi connectivity index (χ4n) is 1.23. The third-order valence-electron chi connectivity index (χ3n) is 1.90. The maximum atomic E-state index is 5.73. The number of aromatic nitrogens is 4. The van der Waals surface area contributed by atoms with Crippen LogP contribution in [0.5, 0.6) is 0 Å². The highest BCUT2D eigenvalue weighted by Crippen LogP contribution is 2.10. The molecule has 0 saturated heterocycles. The zero-order valence-electron chi connectivity index (χ0n) is 7.83. The van der Waals surface area contributed by atoms with E-state index in [4.69, 9.17) is 5.73 Å². The van der Waals surface area contributed by atoms with Crippen molar-refractivity contribution in [3.05, 3.63) is 36.2 Å². The average molecular weight is 189 g/mol. The monoisotopic (exact) mass is 189 g/mol. The first-order chi connectivity index (χ1) is 6.79. The van der Waals surface area contributed by atoms with E-state index < -0.39 is 0 Å². The Kier molecular flexibility index (Phi) is 2.24. The Morgan fingerprint density at radius 1 is 1.29 bits per heavy atom. The van der Waals surface area contributed by atoms with Gasteiger partial charge in [-0.3, -0.25) is 0 Å². The second-order valence-corrected chi connectivity index (χ2v) is 3.07. The van der Waals surface area contributed by atoms with Gasteiger partial charge in [0.25, 0.3) is 0 Å². The molecule has 14 heavy (non-hydrogen) atoms. The first-order valence-electron chi connectivity index (χ1n) is 4.38. The van der Waals surface area contributed by atoms with Crippen molar-refractivity contribution in [2.45, 2.75) is 13.0 Å². The number of benzene rings is 1. The average Bonchev–Trinajstić information content (AvgIpc) is 2.67. The number of para-hydroxylation sites is 1. The molecule has 1 aromatic carbocycles. The van der Waals surface area contributed by atoms with Gasteiger partial charge in [0.2, 0.25) is 0 Å². The zero-order chi connectivity index (χ0) is 9.97. The number of nitrogens with zero attached hydrogens (tertiary/aromatic N) is 4. The highest BCUT2D eigenvalue weighted by molar-refractivity contribution is 5.30. The van der Waals surface area contributed by atoms with Crippen LogP contribution in [-0.4, -0.2) is 20.2 Å². The van der Waals surface area contributed by atoms with Crippen molar-refractivity contribution >= 4 is 0 Å². The third kappa shape index (κ3) is 1.49. The van der Waals surface area contributed by atoms with Crippen molar-refractivity contribution in [1.82, 2.24) is 20.2 Å². The van der Waals surface area contributed by atoms with Gasteiger partial charge in [0.05, 0.1) is 11.7 Å². The quantitative estimate of drug-likeness (QED) is 0.754. The fraction of sp³-hybridized carbons (Fsp3) is 0.222. The molecule has 0 spiro atoms. The van der Waals surface area contributed by atoms with Crippen molar-refractivity contribution < 1.29 is 0 Å². The van der Waals surface area contributed by atoms with E-state index >= 15 is 0 Å². The predicted octanol–water partition coefficient (Wildman–Crippen LogP) is 0.682. The third-order valence-corrected chi connectivity index (χ3v) is 1.90. The highest BCUT2D eigenvalue weighted by Gasteiger charge is 2.10. The Balaban J connectivity index is 2.47. The largest absolute Gasteiger partial charge is 0.321 e. The lowest BCUT2D eigenvalue weighted by Crippen LogP contribution is -2.13. The number of hydrogen-bond donors (Lipinski definition) is 1. The molecule has 5 heteroatoms. The summed E-state index contributed by atoms with van der Waals surface area (Å²) >= 11 is 0. The van der Waals surface area contributed by atoms with Gasteiger partial charge in [-0.2, -0.15) is 4.68 Å². The van der Waals surface area contributed by atoms with Crippen molar-refractivity contribution in [1.29, 1.82) is 0 Å². The fourth-order valence-corrected chi connectivity index (χ4v) is 1.23. The summed E-state index contributed by atoms with van der Waals surface area (Å²) in [6, 6.07) is 9.50. The van der Waals surface area contributed by atoms with Crippen LogP contribution in [0.15, 0.2) is 30.3 Å². The molecule has 5 nitrogen and oxygen atoms in total. The van der Waals surface area contributed by atoms with Crippen LogP contribution in [0.25, 0.3) is 5.69 Å². The molecule has 2 N–H and O–H groups in total. The van der Waals surface area contributed by atoms with Gasteiger partial charge in [-0.1, -0.05) is 18.2 Å². The van der Waals surface area contributed by atoms with E-state index in [0.717, 1.165) is 5.69 Å². The molecule has 1 atom stereocenters. The lowest BCUT2D eigenvalue weighted by molar-refractivity contribution is 0.688. The smallest absolute Gasteiger partial charge is 0.173 e. The van der Waals surface area contributed by atoms with Crippen LogP contribution >= 0.6 is 0 Å². The van der Waals surface area contributed by atoms with Gasteiger partial charge in [0.15, 0.2) is 5.82 Å². The lowest BCUT2D eigenvalue weighted by Gasteiger charge is -2.05. The summed E-state index contributed by atoms with van der Waals surface area (Å²) in [7, 11) is 0. The Bertz CT molecular complexity index is 406. The van der Waals surface area contributed by atoms with Crippen LogP contribution in [0.2, 0.25) is 0 Å². The van der Waals surface area contributed by atoms with E-state index in [2.05, 4.69) is 15.5 Å². The number of tetrazole rings is 1. The molecule has 2 aromatic rings. The molecule has 1 aromatic heterocycles. The number of hydrogen-bond acceptors (Lipinski definition) is 4. The van der Waals surface area contributed by atoms with Gasteiger partial charge < -0.3 is 5.73 Å². The minimum absolute atomic E-state index is 0.176. The Morgan fingerprint density at radius 2 is 2.00 bits per heavy atom. The highest BCUT2D eigenvalue weighted by atomic mass is 15.5. The lowest BCUT2D eigenvalue weighted by atomic mass is 10.3. The van der Waals surface area contributed by atoms with Crippen LogP contribution < -0.4 is 5.73 Å². The standard InChI is InChI=1S/C9H11N5/c1-7(10)9-11-12-13-14(9)8-5-3-2-4-6-8/h2-7H,10H2,1H3/t7-/m0/s1. The Labute approximate surface area is 81.5 Å². The normalized spacial score (nSPS) is 12.7. The molecule has 1 heterocycles. The van der Waals surface area contributed by atoms with Gasteiger partial charge >= 0.3 is 0 Å². The van der Waals surface area contributed by atoms with Crippen molar-refractivity contribution in [2.75, 3.05) is 0 Å². The number of nitrogens with two attached hydrogens (primary N) is 1. The first-order valence-corrected chi connectivity index (χ1v) is 4.38. The second-order valence-electron chi connectivity index (χ2n) is 3.07. The SMILES string of the molecule is C[C@H](N)c1nnnn1-c1ccccc1. The summed E-state index contributed by atoms with van der Waals surface area (Å²) in [5, 5.41) is 11.4. The van der Waals surface area contributed by atoms with Gasteiger partial charge in [0, 0.05) is 0 Å². The van der Waals surface area contributed by atoms with E-state index in [0.29, 0.717) is 5.82 Å². The van der Waals surface area contributed by atoms with E-state index in [9.17, 15) is 0 Å². The van der Waals surface area contributed by atoms with Crippen LogP contribution in [0.1, 0.15) is 18.8 Å². The molecule has 0 aliphatic rings. The van der Waals surface area contributed by atoms with E-state index in [1.54, 1.807) is 4.68 Å². The summed E-state index contributed by atoms with van der Waals surface area (Å²) < 4.78 is 1.64. The maximum Gasteiger partial charge on any atom is 0.173 e. The van der Waals surface area contributed by atoms with Crippen LogP contribution in [0.4, 0.5) is 0 Å². The topological polar surface area (TPSA) is 69.6 Å². The van der Waals surface area contributed by atoms with E-state index in [1.165, 1.54) is 0 Å². The molecular weight excluding hydrogens is 178 g/mol. The van der Waals surface area contributed by atoms with Gasteiger partial charge in [-0.25, -0.2) is 0 Å². The van der Waals surface area contributed by atoms with Crippen LogP contribution in [-0.2, 0) is 0 Å². The van der Waals surface area contributed by atoms with Crippen LogP contribution in [0, 0.1) is 0 Å². The Hall–Kier alpha value is -1.75. The molecule has 0 aliphatic heterocycles. The van der Waals surface area contributed by atoms with Crippen LogP contribution in [0.3, 0.4) is 0 Å². The van der Waals surface area contributed by atoms with Crippen molar-refractivity contribution in [2.24, 2.45) is 5.73 Å². The molecule has 0 fully saturated rings. The summed E-state index contributed by atoms with van der Waals surface area (Å²) in [4.78, 5) is 0. The molecule has 0 saturated carbocycles. The van der Waals surface area contributed by atoms with Crippen molar-refractivity contribution in [3.63, 3.8) is 0 Å². The minimum Gasteiger partial charge on any atom is -0.321 e. The zero-order valence-corrected chi connectivity index (χ0v) is 7.83. The maximum absolute atomic E-state index is 5.73. The Morgan fingerprint density at radius 3 is 2.64 bits per heavy atom. The van der Waals surface area contributed by atoms with E-state index in [-0.39, 0.29) is 6.04 Å². The molecular formula is C9H11N5. The second kappa shape index (κ2) is 3.55. The molecule has 72 valence electrons. The summed E-state index contributed by atoms with van der Waals surface area (Å²) in [6.07, 6.45) is 0. The molecule has 0 unspecified atom stereocenters. The first kappa shape index (κ1) is 8.83. The molecule has 0 amide bonds. The van der Waals surface area contributed by atoms with Gasteiger partial charge in [-0.05, 0) is 29.5 Å². The predicted molar refractivity (Wildman–Crippen MR) is 51.8 cm³/mol. The summed E-state index contributed by atoms with van der Waals surface area (Å²) in [5.74, 6) is 0.663. The summed E-state index contributed by atoms with van der Waals surface area (Å²) in [6.45, 7) is 1.85. The van der Waals surface area contributed by atoms with Gasteiger partial charge in [0.1, 0.15) is 0 Å². The summed E-state index contributed by atoms with van der Waals surface area (Å²) in [5.41, 5.74) is 6.65. The van der Waals surface area contributed by atoms with Crippen molar-refractivity contribution in [3.8, 4) is 5.69 Å².